The lowest BCUT2D eigenvalue weighted by molar-refractivity contribution is -0.132. The largest absolute Gasteiger partial charge is 0.507 e. The number of hydrogen-bond acceptors (Lipinski definition) is 6. The molecule has 8 heteroatoms. The Morgan fingerprint density at radius 3 is 2.71 bits per heavy atom. The van der Waals surface area contributed by atoms with Crippen molar-refractivity contribution in [3.8, 4) is 5.75 Å². The maximum Gasteiger partial charge on any atom is 0.301 e. The number of anilines is 1. The van der Waals surface area contributed by atoms with Crippen molar-refractivity contribution in [2.45, 2.75) is 25.5 Å². The first kappa shape index (κ1) is 20.0. The molecule has 1 amide bonds. The quantitative estimate of drug-likeness (QED) is 0.318. The van der Waals surface area contributed by atoms with E-state index in [-0.39, 0.29) is 17.4 Å². The Morgan fingerprint density at radius 2 is 2.00 bits per heavy atom. The number of carbonyl (C=O) groups excluding carboxylic acids is 2. The molecule has 2 aromatic carbocycles. The standard InChI is InChI=1S/C23H17BrN2O4S/c1-12-10-15-11-14(4-7-17(15)30-12)20(27)18-19(13-2-5-16(24)6-3-13)26(22(29)21(18)28)23-25-8-9-31-23/h2-9,11-12,19,27H,10H2,1H3/t12-,19-/m0/s1. The van der Waals surface area contributed by atoms with Crippen LogP contribution in [0.3, 0.4) is 0 Å². The number of aliphatic hydroxyl groups excluding tert-OH is 1. The van der Waals surface area contributed by atoms with Crippen LogP contribution in [0.1, 0.15) is 29.7 Å². The molecule has 0 spiro atoms. The molecule has 6 nitrogen and oxygen atoms in total. The highest BCUT2D eigenvalue weighted by Gasteiger charge is 2.48. The SMILES string of the molecule is C[C@H]1Cc2cc(C(O)=C3C(=O)C(=O)N(c4nccs4)[C@H]3c3ccc(Br)cc3)ccc2O1. The monoisotopic (exact) mass is 496 g/mol. The van der Waals surface area contributed by atoms with Crippen molar-refractivity contribution in [2.24, 2.45) is 0 Å². The number of carbonyl (C=O) groups is 2. The van der Waals surface area contributed by atoms with Crippen molar-refractivity contribution >= 4 is 49.8 Å². The molecule has 2 aliphatic rings. The molecule has 2 atom stereocenters. The average Bonchev–Trinajstić information content (AvgIpc) is 3.46. The zero-order chi connectivity index (χ0) is 21.7. The lowest BCUT2D eigenvalue weighted by Crippen LogP contribution is -2.29. The summed E-state index contributed by atoms with van der Waals surface area (Å²) in [6, 6.07) is 11.9. The zero-order valence-electron chi connectivity index (χ0n) is 16.4. The lowest BCUT2D eigenvalue weighted by Gasteiger charge is -2.23. The van der Waals surface area contributed by atoms with Gasteiger partial charge in [0, 0.05) is 28.0 Å². The summed E-state index contributed by atoms with van der Waals surface area (Å²) in [5.41, 5.74) is 2.20. The minimum Gasteiger partial charge on any atom is -0.507 e. The van der Waals surface area contributed by atoms with Crippen molar-refractivity contribution in [2.75, 3.05) is 4.90 Å². The minimum absolute atomic E-state index is 0.0504. The molecule has 1 fully saturated rings. The number of nitrogens with zero attached hydrogens (tertiary/aromatic N) is 2. The normalized spacial score (nSPS) is 21.9. The molecule has 31 heavy (non-hydrogen) atoms. The fraction of sp³-hybridized carbons (Fsp3) is 0.174. The Bertz CT molecular complexity index is 1220. The number of ether oxygens (including phenoxy) is 1. The third-order valence-corrected chi connectivity index (χ3v) is 6.72. The van der Waals surface area contributed by atoms with Gasteiger partial charge in [-0.3, -0.25) is 14.5 Å². The molecule has 1 N–H and O–H groups in total. The van der Waals surface area contributed by atoms with Gasteiger partial charge >= 0.3 is 5.91 Å². The van der Waals surface area contributed by atoms with Gasteiger partial charge in [-0.1, -0.05) is 28.1 Å². The highest BCUT2D eigenvalue weighted by atomic mass is 79.9. The molecular formula is C23H17BrN2O4S. The van der Waals surface area contributed by atoms with E-state index < -0.39 is 17.7 Å². The number of ketones is 1. The molecule has 3 aromatic rings. The Morgan fingerprint density at radius 1 is 1.23 bits per heavy atom. The van der Waals surface area contributed by atoms with Crippen LogP contribution in [0.2, 0.25) is 0 Å². The molecule has 0 saturated carbocycles. The van der Waals surface area contributed by atoms with Crippen molar-refractivity contribution in [3.05, 3.63) is 80.8 Å². The first-order chi connectivity index (χ1) is 14.9. The summed E-state index contributed by atoms with van der Waals surface area (Å²) in [6.07, 6.45) is 2.37. The molecule has 156 valence electrons. The number of amides is 1. The molecule has 1 aromatic heterocycles. The molecule has 3 heterocycles. The minimum atomic E-state index is -0.775. The summed E-state index contributed by atoms with van der Waals surface area (Å²) in [6.45, 7) is 1.98. The summed E-state index contributed by atoms with van der Waals surface area (Å²) in [5, 5.41) is 13.4. The zero-order valence-corrected chi connectivity index (χ0v) is 18.8. The van der Waals surface area contributed by atoms with Crippen molar-refractivity contribution < 1.29 is 19.4 Å². The van der Waals surface area contributed by atoms with Crippen LogP contribution in [-0.2, 0) is 16.0 Å². The molecule has 5 rings (SSSR count). The van der Waals surface area contributed by atoms with E-state index in [9.17, 15) is 14.7 Å². The first-order valence-electron chi connectivity index (χ1n) is 9.70. The lowest BCUT2D eigenvalue weighted by atomic mass is 9.94. The van der Waals surface area contributed by atoms with Crippen LogP contribution in [-0.4, -0.2) is 27.9 Å². The number of aromatic nitrogens is 1. The number of fused-ring (bicyclic) bond motifs is 1. The van der Waals surface area contributed by atoms with Crippen LogP contribution < -0.4 is 9.64 Å². The van der Waals surface area contributed by atoms with Crippen LogP contribution in [0.5, 0.6) is 5.75 Å². The second-order valence-electron chi connectivity index (χ2n) is 7.49. The Kier molecular flexibility index (Phi) is 4.91. The van der Waals surface area contributed by atoms with Crippen molar-refractivity contribution in [1.82, 2.24) is 4.98 Å². The average molecular weight is 497 g/mol. The Hall–Kier alpha value is -2.97. The fourth-order valence-electron chi connectivity index (χ4n) is 4.05. The van der Waals surface area contributed by atoms with Crippen molar-refractivity contribution in [1.29, 1.82) is 0 Å². The van der Waals surface area contributed by atoms with Gasteiger partial charge in [-0.25, -0.2) is 4.98 Å². The third-order valence-electron chi connectivity index (χ3n) is 5.42. The molecule has 0 unspecified atom stereocenters. The van der Waals surface area contributed by atoms with Gasteiger partial charge in [0.15, 0.2) is 5.13 Å². The van der Waals surface area contributed by atoms with E-state index in [1.807, 2.05) is 37.3 Å². The number of hydrogen-bond donors (Lipinski definition) is 1. The molecule has 1 saturated heterocycles. The van der Waals surface area contributed by atoms with E-state index in [2.05, 4.69) is 20.9 Å². The van der Waals surface area contributed by atoms with Gasteiger partial charge in [-0.2, -0.15) is 0 Å². The van der Waals surface area contributed by atoms with Crippen LogP contribution in [0, 0.1) is 0 Å². The van der Waals surface area contributed by atoms with Gasteiger partial charge in [-0.15, -0.1) is 11.3 Å². The van der Waals surface area contributed by atoms with Crippen LogP contribution in [0.15, 0.2) is 64.1 Å². The third kappa shape index (κ3) is 3.36. The number of aliphatic hydroxyl groups is 1. The van der Waals surface area contributed by atoms with E-state index >= 15 is 0 Å². The first-order valence-corrected chi connectivity index (χ1v) is 11.4. The number of Topliss-reactive ketones (excluding diaryl/α,β-unsaturated/α-hetero) is 1. The summed E-state index contributed by atoms with van der Waals surface area (Å²) in [5.74, 6) is -0.863. The second kappa shape index (κ2) is 7.62. The van der Waals surface area contributed by atoms with E-state index in [1.165, 1.54) is 16.2 Å². The maximum absolute atomic E-state index is 13.1. The van der Waals surface area contributed by atoms with E-state index in [4.69, 9.17) is 4.74 Å². The van der Waals surface area contributed by atoms with Gasteiger partial charge in [0.2, 0.25) is 0 Å². The molecule has 0 aliphatic carbocycles. The summed E-state index contributed by atoms with van der Waals surface area (Å²) in [7, 11) is 0. The van der Waals surface area contributed by atoms with Crippen molar-refractivity contribution in [3.63, 3.8) is 0 Å². The van der Waals surface area contributed by atoms with Gasteiger partial charge in [0.25, 0.3) is 5.78 Å². The second-order valence-corrected chi connectivity index (χ2v) is 9.28. The van der Waals surface area contributed by atoms with Crippen LogP contribution in [0.25, 0.3) is 5.76 Å². The van der Waals surface area contributed by atoms with E-state index in [0.29, 0.717) is 16.3 Å². The van der Waals surface area contributed by atoms with E-state index in [1.54, 1.807) is 23.7 Å². The summed E-state index contributed by atoms with van der Waals surface area (Å²) >= 11 is 4.68. The highest BCUT2D eigenvalue weighted by molar-refractivity contribution is 9.10. The van der Waals surface area contributed by atoms with Gasteiger partial charge in [0.1, 0.15) is 17.6 Å². The predicted molar refractivity (Wildman–Crippen MR) is 121 cm³/mol. The molecule has 2 aliphatic heterocycles. The van der Waals surface area contributed by atoms with E-state index in [0.717, 1.165) is 22.2 Å². The maximum atomic E-state index is 13.1. The summed E-state index contributed by atoms with van der Waals surface area (Å²) < 4.78 is 6.61. The van der Waals surface area contributed by atoms with Crippen LogP contribution in [0.4, 0.5) is 5.13 Å². The fourth-order valence-corrected chi connectivity index (χ4v) is 4.98. The van der Waals surface area contributed by atoms with Gasteiger partial charge in [0.05, 0.1) is 11.6 Å². The predicted octanol–water partition coefficient (Wildman–Crippen LogP) is 4.86. The van der Waals surface area contributed by atoms with Gasteiger partial charge < -0.3 is 9.84 Å². The number of halogens is 1. The van der Waals surface area contributed by atoms with Crippen LogP contribution >= 0.6 is 27.3 Å². The summed E-state index contributed by atoms with van der Waals surface area (Å²) in [4.78, 5) is 31.7. The molecular weight excluding hydrogens is 480 g/mol. The Balaban J connectivity index is 1.68. The highest BCUT2D eigenvalue weighted by Crippen LogP contribution is 2.43. The van der Waals surface area contributed by atoms with Gasteiger partial charge in [-0.05, 0) is 48.4 Å². The Labute approximate surface area is 190 Å². The molecule has 0 bridgehead atoms. The number of rotatable bonds is 3. The number of thiazole rings is 1. The topological polar surface area (TPSA) is 79.7 Å². The smallest absolute Gasteiger partial charge is 0.301 e. The number of benzene rings is 2. The molecule has 0 radical (unpaired) electrons.